The van der Waals surface area contributed by atoms with E-state index in [4.69, 9.17) is 14.5 Å². The number of rotatable bonds is 2. The van der Waals surface area contributed by atoms with Crippen molar-refractivity contribution in [1.29, 1.82) is 0 Å². The van der Waals surface area contributed by atoms with E-state index in [0.717, 1.165) is 37.9 Å². The van der Waals surface area contributed by atoms with Gasteiger partial charge in [0, 0.05) is 44.5 Å². The Morgan fingerprint density at radius 3 is 2.88 bits per heavy atom. The summed E-state index contributed by atoms with van der Waals surface area (Å²) in [6, 6.07) is 5.78. The van der Waals surface area contributed by atoms with Crippen molar-refractivity contribution in [3.8, 4) is 0 Å². The molecule has 0 bridgehead atoms. The molecule has 3 saturated heterocycles. The number of pyridine rings is 1. The summed E-state index contributed by atoms with van der Waals surface area (Å²) in [5.41, 5.74) is 0.498. The maximum absolute atomic E-state index is 12.4. The number of likely N-dealkylation sites (tertiary alicyclic amines) is 1. The van der Waals surface area contributed by atoms with Gasteiger partial charge in [0.25, 0.3) is 0 Å². The van der Waals surface area contributed by atoms with Crippen LogP contribution in [0.4, 0.5) is 10.6 Å². The van der Waals surface area contributed by atoms with Crippen molar-refractivity contribution < 1.29 is 19.1 Å². The first kappa shape index (κ1) is 17.3. The van der Waals surface area contributed by atoms with Gasteiger partial charge in [0.05, 0.1) is 19.8 Å². The molecule has 3 aliphatic heterocycles. The van der Waals surface area contributed by atoms with Crippen molar-refractivity contribution in [2.75, 3.05) is 37.7 Å². The van der Waals surface area contributed by atoms with E-state index in [1.807, 2.05) is 23.1 Å². The molecule has 26 heavy (non-hydrogen) atoms. The van der Waals surface area contributed by atoms with Crippen molar-refractivity contribution in [1.82, 2.24) is 9.88 Å². The lowest BCUT2D eigenvalue weighted by molar-refractivity contribution is -0.130. The van der Waals surface area contributed by atoms with Gasteiger partial charge in [-0.3, -0.25) is 9.69 Å². The molecule has 2 amide bonds. The fourth-order valence-electron chi connectivity index (χ4n) is 4.13. The summed E-state index contributed by atoms with van der Waals surface area (Å²) in [7, 11) is 0. The highest BCUT2D eigenvalue weighted by atomic mass is 16.6. The second-order valence-electron chi connectivity index (χ2n) is 7.47. The van der Waals surface area contributed by atoms with Crippen LogP contribution in [0.25, 0.3) is 0 Å². The van der Waals surface area contributed by atoms with E-state index in [-0.39, 0.29) is 17.9 Å². The minimum Gasteiger partial charge on any atom is -0.440 e. The summed E-state index contributed by atoms with van der Waals surface area (Å²) in [5, 5.41) is 0. The summed E-state index contributed by atoms with van der Waals surface area (Å²) in [4.78, 5) is 32.4. The third-order valence-electron chi connectivity index (χ3n) is 5.69. The zero-order valence-electron chi connectivity index (χ0n) is 15.1. The molecule has 1 spiro atoms. The van der Waals surface area contributed by atoms with Crippen LogP contribution in [0.5, 0.6) is 0 Å². The molecule has 0 N–H and O–H groups in total. The predicted octanol–water partition coefficient (Wildman–Crippen LogP) is 2.31. The van der Waals surface area contributed by atoms with Crippen molar-refractivity contribution in [2.45, 2.75) is 44.1 Å². The second kappa shape index (κ2) is 6.87. The average molecular weight is 359 g/mol. The summed E-state index contributed by atoms with van der Waals surface area (Å²) >= 11 is 0. The lowest BCUT2D eigenvalue weighted by Gasteiger charge is -2.32. The Hall–Kier alpha value is -2.15. The zero-order chi connectivity index (χ0) is 18.1. The van der Waals surface area contributed by atoms with Gasteiger partial charge in [-0.15, -0.1) is 0 Å². The molecular formula is C19H25N3O4. The van der Waals surface area contributed by atoms with Crippen molar-refractivity contribution in [3.05, 3.63) is 23.9 Å². The highest BCUT2D eigenvalue weighted by Crippen LogP contribution is 2.35. The maximum atomic E-state index is 12.4. The fourth-order valence-corrected chi connectivity index (χ4v) is 4.13. The molecule has 7 nitrogen and oxygen atoms in total. The van der Waals surface area contributed by atoms with Gasteiger partial charge in [0.15, 0.2) is 0 Å². The summed E-state index contributed by atoms with van der Waals surface area (Å²) < 4.78 is 11.1. The van der Waals surface area contributed by atoms with Crippen molar-refractivity contribution in [3.63, 3.8) is 0 Å². The first-order valence-electron chi connectivity index (χ1n) is 9.37. The van der Waals surface area contributed by atoms with Crippen LogP contribution < -0.4 is 4.90 Å². The van der Waals surface area contributed by atoms with Gasteiger partial charge in [-0.2, -0.15) is 0 Å². The maximum Gasteiger partial charge on any atom is 0.416 e. The number of carbonyl (C=O) groups is 2. The lowest BCUT2D eigenvalue weighted by Crippen LogP contribution is -2.40. The van der Waals surface area contributed by atoms with Crippen LogP contribution >= 0.6 is 0 Å². The molecule has 4 heterocycles. The van der Waals surface area contributed by atoms with Crippen LogP contribution in [-0.2, 0) is 14.3 Å². The number of hydrogen-bond donors (Lipinski definition) is 0. The highest BCUT2D eigenvalue weighted by molar-refractivity contribution is 5.89. The van der Waals surface area contributed by atoms with Gasteiger partial charge in [0.1, 0.15) is 11.4 Å². The molecule has 1 atom stereocenters. The first-order chi connectivity index (χ1) is 12.6. The van der Waals surface area contributed by atoms with Gasteiger partial charge < -0.3 is 14.4 Å². The fraction of sp³-hybridized carbons (Fsp3) is 0.632. The second-order valence-corrected chi connectivity index (χ2v) is 7.47. The molecule has 0 aromatic carbocycles. The number of carbonyl (C=O) groups excluding carboxylic acids is 2. The molecule has 3 aliphatic rings. The van der Waals surface area contributed by atoms with Crippen LogP contribution in [0.3, 0.4) is 0 Å². The van der Waals surface area contributed by atoms with E-state index in [2.05, 4.69) is 0 Å². The van der Waals surface area contributed by atoms with E-state index in [0.29, 0.717) is 32.1 Å². The number of anilines is 1. The SMILES string of the molecule is CC(=O)N1CCCC(c2cccc(N3CC4(CCOCC4)OC3=O)n2)C1. The lowest BCUT2D eigenvalue weighted by atomic mass is 9.94. The monoisotopic (exact) mass is 359 g/mol. The Morgan fingerprint density at radius 1 is 1.31 bits per heavy atom. The van der Waals surface area contributed by atoms with E-state index in [9.17, 15) is 9.59 Å². The third kappa shape index (κ3) is 3.28. The predicted molar refractivity (Wildman–Crippen MR) is 95.1 cm³/mol. The quantitative estimate of drug-likeness (QED) is 0.810. The molecule has 1 aromatic rings. The molecule has 4 rings (SSSR count). The molecule has 7 heteroatoms. The molecule has 1 aromatic heterocycles. The number of nitrogens with zero attached hydrogens (tertiary/aromatic N) is 3. The topological polar surface area (TPSA) is 72.0 Å². The minimum absolute atomic E-state index is 0.107. The van der Waals surface area contributed by atoms with E-state index in [1.54, 1.807) is 11.8 Å². The summed E-state index contributed by atoms with van der Waals surface area (Å²) in [5.74, 6) is 0.953. The molecule has 140 valence electrons. The Morgan fingerprint density at radius 2 is 2.12 bits per heavy atom. The van der Waals surface area contributed by atoms with Gasteiger partial charge in [0.2, 0.25) is 5.91 Å². The Kier molecular flexibility index (Phi) is 4.56. The zero-order valence-corrected chi connectivity index (χ0v) is 15.1. The molecule has 3 fully saturated rings. The van der Waals surface area contributed by atoms with Gasteiger partial charge >= 0.3 is 6.09 Å². The summed E-state index contributed by atoms with van der Waals surface area (Å²) in [6.07, 6.45) is 3.11. The van der Waals surface area contributed by atoms with Crippen LogP contribution in [0, 0.1) is 0 Å². The number of hydrogen-bond acceptors (Lipinski definition) is 5. The van der Waals surface area contributed by atoms with E-state index in [1.165, 1.54) is 0 Å². The minimum atomic E-state index is -0.441. The summed E-state index contributed by atoms with van der Waals surface area (Å²) in [6.45, 7) is 4.89. The van der Waals surface area contributed by atoms with Gasteiger partial charge in [-0.1, -0.05) is 6.07 Å². The van der Waals surface area contributed by atoms with Crippen molar-refractivity contribution in [2.24, 2.45) is 0 Å². The molecule has 0 saturated carbocycles. The largest absolute Gasteiger partial charge is 0.440 e. The third-order valence-corrected chi connectivity index (χ3v) is 5.69. The first-order valence-corrected chi connectivity index (χ1v) is 9.37. The molecule has 1 unspecified atom stereocenters. The van der Waals surface area contributed by atoms with Gasteiger partial charge in [-0.25, -0.2) is 9.78 Å². The van der Waals surface area contributed by atoms with E-state index < -0.39 is 5.60 Å². The Balaban J connectivity index is 1.52. The van der Waals surface area contributed by atoms with Crippen LogP contribution in [0.15, 0.2) is 18.2 Å². The normalized spacial score (nSPS) is 25.4. The van der Waals surface area contributed by atoms with Crippen LogP contribution in [0.2, 0.25) is 0 Å². The Bertz CT molecular complexity index is 702. The number of piperidine rings is 1. The molecule has 0 radical (unpaired) electrons. The number of amides is 2. The van der Waals surface area contributed by atoms with Crippen LogP contribution in [0.1, 0.15) is 44.2 Å². The number of aromatic nitrogens is 1. The smallest absolute Gasteiger partial charge is 0.416 e. The van der Waals surface area contributed by atoms with E-state index >= 15 is 0 Å². The average Bonchev–Trinajstić information content (AvgIpc) is 2.98. The highest BCUT2D eigenvalue weighted by Gasteiger charge is 2.47. The molecule has 0 aliphatic carbocycles. The standard InChI is InChI=1S/C19H25N3O4/c1-14(23)21-9-3-4-15(12-21)16-5-2-6-17(20-16)22-13-19(26-18(22)24)7-10-25-11-8-19/h2,5-6,15H,3-4,7-13H2,1H3. The van der Waals surface area contributed by atoms with Crippen LogP contribution in [-0.4, -0.2) is 60.3 Å². The van der Waals surface area contributed by atoms with Crippen molar-refractivity contribution >= 4 is 17.8 Å². The molecular weight excluding hydrogens is 334 g/mol. The Labute approximate surface area is 153 Å². The van der Waals surface area contributed by atoms with Gasteiger partial charge in [-0.05, 0) is 25.0 Å². The number of ether oxygens (including phenoxy) is 2.